The lowest BCUT2D eigenvalue weighted by Crippen LogP contribution is -2.54. The van der Waals surface area contributed by atoms with E-state index < -0.39 is 0 Å². The number of rotatable bonds is 3. The fourth-order valence-corrected chi connectivity index (χ4v) is 4.26. The minimum Gasteiger partial charge on any atom is -0.349 e. The van der Waals surface area contributed by atoms with E-state index in [0.717, 1.165) is 0 Å². The molecule has 0 radical (unpaired) electrons. The van der Waals surface area contributed by atoms with Gasteiger partial charge < -0.3 is 4.74 Å². The zero-order chi connectivity index (χ0) is 13.6. The number of hydrogen-bond donors (Lipinski definition) is 0. The fourth-order valence-electron chi connectivity index (χ4n) is 2.41. The molecular weight excluding hydrogens is 345 g/mol. The van der Waals surface area contributed by atoms with Crippen molar-refractivity contribution in [1.29, 1.82) is 0 Å². The van der Waals surface area contributed by atoms with Gasteiger partial charge in [-0.25, -0.2) is 0 Å². The van der Waals surface area contributed by atoms with E-state index in [1.54, 1.807) is 0 Å². The monoisotopic (exact) mass is 371 g/mol. The van der Waals surface area contributed by atoms with Gasteiger partial charge in [0.05, 0.1) is 5.37 Å². The summed E-state index contributed by atoms with van der Waals surface area (Å²) in [6.07, 6.45) is 0. The Bertz CT molecular complexity index is 261. The van der Waals surface area contributed by atoms with E-state index in [-0.39, 0.29) is 14.7 Å². The average molecular weight is 371 g/mol. The van der Waals surface area contributed by atoms with E-state index >= 15 is 0 Å². The maximum absolute atomic E-state index is 6.04. The second-order valence-electron chi connectivity index (χ2n) is 7.09. The predicted molar refractivity (Wildman–Crippen MR) is 85.7 cm³/mol. The van der Waals surface area contributed by atoms with Crippen LogP contribution >= 0.6 is 34.4 Å². The summed E-state index contributed by atoms with van der Waals surface area (Å²) in [5.41, 5.74) is 0.660. The standard InChI is InChI=1S/C13H26INOS/c1-11(2,3)15(12(4,5)6)9-10(17-9)16-13(7,8)14/h9-10H,1-8H3. The van der Waals surface area contributed by atoms with Crippen LogP contribution in [0.2, 0.25) is 0 Å². The summed E-state index contributed by atoms with van der Waals surface area (Å²) in [5, 5.41) is 0.490. The van der Waals surface area contributed by atoms with Gasteiger partial charge >= 0.3 is 0 Å². The molecule has 1 saturated heterocycles. The second-order valence-corrected chi connectivity index (χ2v) is 10.9. The maximum atomic E-state index is 6.04. The van der Waals surface area contributed by atoms with E-state index in [0.29, 0.717) is 10.8 Å². The second kappa shape index (κ2) is 4.84. The molecule has 2 nitrogen and oxygen atoms in total. The summed E-state index contributed by atoms with van der Waals surface area (Å²) in [7, 11) is 0. The smallest absolute Gasteiger partial charge is 0.131 e. The molecule has 0 N–H and O–H groups in total. The fraction of sp³-hybridized carbons (Fsp3) is 1.00. The van der Waals surface area contributed by atoms with Crippen molar-refractivity contribution in [3.8, 4) is 0 Å². The van der Waals surface area contributed by atoms with Gasteiger partial charge in [0.1, 0.15) is 9.04 Å². The molecule has 0 bridgehead atoms. The van der Waals surface area contributed by atoms with Gasteiger partial charge in [-0.2, -0.15) is 0 Å². The van der Waals surface area contributed by atoms with Crippen LogP contribution in [0, 0.1) is 0 Å². The molecule has 1 aliphatic rings. The average Bonchev–Trinajstić information content (AvgIpc) is 2.55. The van der Waals surface area contributed by atoms with E-state index in [1.807, 2.05) is 11.8 Å². The van der Waals surface area contributed by atoms with Crippen molar-refractivity contribution in [2.75, 3.05) is 0 Å². The molecule has 1 heterocycles. The van der Waals surface area contributed by atoms with Crippen LogP contribution in [0.3, 0.4) is 0 Å². The van der Waals surface area contributed by atoms with Gasteiger partial charge in [-0.15, -0.1) is 11.8 Å². The van der Waals surface area contributed by atoms with Gasteiger partial charge in [0.25, 0.3) is 0 Å². The molecule has 1 fully saturated rings. The van der Waals surface area contributed by atoms with E-state index in [4.69, 9.17) is 4.74 Å². The molecule has 0 aromatic rings. The topological polar surface area (TPSA) is 12.5 Å². The van der Waals surface area contributed by atoms with Crippen molar-refractivity contribution < 1.29 is 4.74 Å². The Hall–Kier alpha value is 1.00. The summed E-state index contributed by atoms with van der Waals surface area (Å²) in [6, 6.07) is 0. The minimum atomic E-state index is -0.0778. The number of ether oxygens (including phenoxy) is 1. The predicted octanol–water partition coefficient (Wildman–Crippen LogP) is 4.47. The summed E-state index contributed by atoms with van der Waals surface area (Å²) in [5.74, 6) is 0. The first-order valence-corrected chi connectivity index (χ1v) is 8.16. The Morgan fingerprint density at radius 1 is 0.941 bits per heavy atom. The molecule has 0 saturated carbocycles. The molecule has 2 unspecified atom stereocenters. The molecule has 0 amide bonds. The number of hydrogen-bond acceptors (Lipinski definition) is 3. The van der Waals surface area contributed by atoms with Crippen LogP contribution in [-0.2, 0) is 4.74 Å². The van der Waals surface area contributed by atoms with Gasteiger partial charge in [0.2, 0.25) is 0 Å². The first-order valence-electron chi connectivity index (χ1n) is 6.14. The van der Waals surface area contributed by atoms with Crippen LogP contribution in [0.1, 0.15) is 55.4 Å². The van der Waals surface area contributed by atoms with Gasteiger partial charge in [-0.1, -0.05) is 0 Å². The summed E-state index contributed by atoms with van der Waals surface area (Å²) >= 11 is 4.28. The molecule has 2 atom stereocenters. The highest BCUT2D eigenvalue weighted by molar-refractivity contribution is 14.1. The highest BCUT2D eigenvalue weighted by Gasteiger charge is 2.52. The summed E-state index contributed by atoms with van der Waals surface area (Å²) < 4.78 is 5.96. The van der Waals surface area contributed by atoms with Crippen molar-refractivity contribution in [2.24, 2.45) is 0 Å². The Morgan fingerprint density at radius 2 is 1.35 bits per heavy atom. The van der Waals surface area contributed by atoms with E-state index in [9.17, 15) is 0 Å². The van der Waals surface area contributed by atoms with Crippen molar-refractivity contribution in [3.05, 3.63) is 0 Å². The summed E-state index contributed by atoms with van der Waals surface area (Å²) in [6.45, 7) is 17.9. The van der Waals surface area contributed by atoms with Gasteiger partial charge in [-0.3, -0.25) is 4.90 Å². The molecule has 0 aromatic carbocycles. The van der Waals surface area contributed by atoms with Crippen molar-refractivity contribution in [3.63, 3.8) is 0 Å². The normalized spacial score (nSPS) is 26.5. The third-order valence-corrected chi connectivity index (χ3v) is 3.83. The quantitative estimate of drug-likeness (QED) is 0.413. The molecule has 0 spiro atoms. The van der Waals surface area contributed by atoms with Gasteiger partial charge in [0, 0.05) is 11.1 Å². The molecular formula is C13H26INOS. The first-order chi connectivity index (χ1) is 7.32. The van der Waals surface area contributed by atoms with Crippen molar-refractivity contribution in [1.82, 2.24) is 4.90 Å². The van der Waals surface area contributed by atoms with Crippen LogP contribution in [0.4, 0.5) is 0 Å². The molecule has 0 aliphatic carbocycles. The highest BCUT2D eigenvalue weighted by Crippen LogP contribution is 2.51. The van der Waals surface area contributed by atoms with Gasteiger partial charge in [0.15, 0.2) is 0 Å². The molecule has 4 heteroatoms. The Morgan fingerprint density at radius 3 is 1.65 bits per heavy atom. The van der Waals surface area contributed by atoms with Crippen LogP contribution in [0.5, 0.6) is 0 Å². The van der Waals surface area contributed by atoms with E-state index in [2.05, 4.69) is 82.9 Å². The molecule has 1 rings (SSSR count). The maximum Gasteiger partial charge on any atom is 0.131 e. The number of nitrogens with zero attached hydrogens (tertiary/aromatic N) is 1. The first kappa shape index (κ1) is 16.1. The zero-order valence-corrected chi connectivity index (χ0v) is 15.3. The number of thioether (sulfide) groups is 1. The molecule has 0 aromatic heterocycles. The molecule has 17 heavy (non-hydrogen) atoms. The van der Waals surface area contributed by atoms with Crippen LogP contribution < -0.4 is 0 Å². The lowest BCUT2D eigenvalue weighted by molar-refractivity contribution is -0.0162. The van der Waals surface area contributed by atoms with E-state index in [1.165, 1.54) is 0 Å². The van der Waals surface area contributed by atoms with Crippen LogP contribution in [-0.4, -0.2) is 30.4 Å². The highest BCUT2D eigenvalue weighted by atomic mass is 127. The Balaban J connectivity index is 2.72. The van der Waals surface area contributed by atoms with Crippen molar-refractivity contribution in [2.45, 2.75) is 80.9 Å². The third kappa shape index (κ3) is 4.88. The molecule has 102 valence electrons. The van der Waals surface area contributed by atoms with Gasteiger partial charge in [-0.05, 0) is 78.0 Å². The Labute approximate surface area is 124 Å². The number of halogens is 1. The van der Waals surface area contributed by atoms with Crippen LogP contribution in [0.25, 0.3) is 0 Å². The molecule has 1 aliphatic heterocycles. The third-order valence-electron chi connectivity index (χ3n) is 2.53. The minimum absolute atomic E-state index is 0.0778. The largest absolute Gasteiger partial charge is 0.349 e. The zero-order valence-electron chi connectivity index (χ0n) is 12.3. The lowest BCUT2D eigenvalue weighted by Gasteiger charge is -2.45. The Kier molecular flexibility index (Phi) is 4.57. The SMILES string of the molecule is CC(C)(I)OC1SC1N(C(C)(C)C)C(C)(C)C. The van der Waals surface area contributed by atoms with Crippen molar-refractivity contribution >= 4 is 34.4 Å². The number of alkyl halides is 1. The van der Waals surface area contributed by atoms with Crippen LogP contribution in [0.15, 0.2) is 0 Å². The lowest BCUT2D eigenvalue weighted by atomic mass is 9.96. The summed E-state index contributed by atoms with van der Waals surface area (Å²) in [4.78, 5) is 2.57.